The molecule has 3 rings (SSSR count). The fourth-order valence-electron chi connectivity index (χ4n) is 3.63. The van der Waals surface area contributed by atoms with Gasteiger partial charge in [-0.25, -0.2) is 17.5 Å². The third kappa shape index (κ3) is 6.37. The Morgan fingerprint density at radius 1 is 1.13 bits per heavy atom. The molecule has 0 spiro atoms. The summed E-state index contributed by atoms with van der Waals surface area (Å²) < 4.78 is 41.0. The van der Waals surface area contributed by atoms with Crippen LogP contribution in [0.5, 0.6) is 0 Å². The van der Waals surface area contributed by atoms with Gasteiger partial charge in [-0.3, -0.25) is 9.69 Å². The fourth-order valence-corrected chi connectivity index (χ4v) is 4.72. The Labute approximate surface area is 182 Å². The molecule has 8 heteroatoms. The van der Waals surface area contributed by atoms with Gasteiger partial charge >= 0.3 is 0 Å². The van der Waals surface area contributed by atoms with Gasteiger partial charge < -0.3 is 5.32 Å². The lowest BCUT2D eigenvalue weighted by molar-refractivity contribution is -0.127. The van der Waals surface area contributed by atoms with E-state index in [-0.39, 0.29) is 29.9 Å². The van der Waals surface area contributed by atoms with Crippen molar-refractivity contribution < 1.29 is 17.6 Å². The lowest BCUT2D eigenvalue weighted by atomic mass is 10.0. The van der Waals surface area contributed by atoms with Crippen molar-refractivity contribution in [3.8, 4) is 12.3 Å². The molecule has 2 aromatic carbocycles. The van der Waals surface area contributed by atoms with Crippen LogP contribution in [0.15, 0.2) is 53.4 Å². The summed E-state index contributed by atoms with van der Waals surface area (Å²) in [6, 6.07) is 11.9. The first-order valence-corrected chi connectivity index (χ1v) is 11.7. The minimum absolute atomic E-state index is 0.0201. The molecule has 0 bridgehead atoms. The Bertz CT molecular complexity index is 1070. The molecule has 1 amide bonds. The molecule has 1 aliphatic heterocycles. The molecule has 0 aliphatic carbocycles. The molecule has 2 aromatic rings. The number of hydrogen-bond acceptors (Lipinski definition) is 4. The van der Waals surface area contributed by atoms with Crippen LogP contribution in [0.3, 0.4) is 0 Å². The van der Waals surface area contributed by atoms with Crippen LogP contribution in [-0.4, -0.2) is 38.4 Å². The molecule has 1 aliphatic rings. The second-order valence-corrected chi connectivity index (χ2v) is 9.27. The smallest absolute Gasteiger partial charge is 0.240 e. The number of likely N-dealkylation sites (tertiary alicyclic amines) is 1. The van der Waals surface area contributed by atoms with E-state index in [0.717, 1.165) is 25.8 Å². The predicted octanol–water partition coefficient (Wildman–Crippen LogP) is 2.41. The maximum Gasteiger partial charge on any atom is 0.240 e. The van der Waals surface area contributed by atoms with E-state index in [9.17, 15) is 17.6 Å². The zero-order chi connectivity index (χ0) is 22.3. The van der Waals surface area contributed by atoms with Gasteiger partial charge in [-0.15, -0.1) is 6.42 Å². The average Bonchev–Trinajstić information content (AvgIpc) is 2.77. The first-order valence-electron chi connectivity index (χ1n) is 10.2. The summed E-state index contributed by atoms with van der Waals surface area (Å²) >= 11 is 0. The quantitative estimate of drug-likeness (QED) is 0.615. The third-order valence-corrected chi connectivity index (χ3v) is 6.64. The Morgan fingerprint density at radius 2 is 1.87 bits per heavy atom. The van der Waals surface area contributed by atoms with E-state index < -0.39 is 15.8 Å². The van der Waals surface area contributed by atoms with Crippen molar-refractivity contribution in [2.75, 3.05) is 13.1 Å². The Morgan fingerprint density at radius 3 is 2.61 bits per heavy atom. The number of piperidine rings is 1. The molecule has 31 heavy (non-hydrogen) atoms. The SMILES string of the molecule is C#CCN1CCCCC1C(=O)NCc1cccc(S(=O)(=O)NCc2cccc(F)c2)c1. The molecule has 1 unspecified atom stereocenters. The van der Waals surface area contributed by atoms with Gasteiger partial charge in [-0.1, -0.05) is 36.6 Å². The van der Waals surface area contributed by atoms with Crippen molar-refractivity contribution in [1.82, 2.24) is 14.9 Å². The Kier molecular flexibility index (Phi) is 7.80. The molecule has 1 saturated heterocycles. The van der Waals surface area contributed by atoms with Crippen molar-refractivity contribution in [3.05, 3.63) is 65.5 Å². The van der Waals surface area contributed by atoms with Crippen molar-refractivity contribution in [2.45, 2.75) is 43.3 Å². The number of halogens is 1. The van der Waals surface area contributed by atoms with Crippen LogP contribution in [0.2, 0.25) is 0 Å². The molecule has 0 saturated carbocycles. The van der Waals surface area contributed by atoms with E-state index >= 15 is 0 Å². The first kappa shape index (κ1) is 22.9. The van der Waals surface area contributed by atoms with E-state index in [1.165, 1.54) is 30.3 Å². The van der Waals surface area contributed by atoms with Gasteiger partial charge in [0.1, 0.15) is 5.82 Å². The number of hydrogen-bond donors (Lipinski definition) is 2. The average molecular weight is 444 g/mol. The van der Waals surface area contributed by atoms with Crippen LogP contribution in [0, 0.1) is 18.2 Å². The van der Waals surface area contributed by atoms with Crippen LogP contribution >= 0.6 is 0 Å². The van der Waals surface area contributed by atoms with Crippen molar-refractivity contribution in [2.24, 2.45) is 0 Å². The first-order chi connectivity index (χ1) is 14.9. The largest absolute Gasteiger partial charge is 0.351 e. The summed E-state index contributed by atoms with van der Waals surface area (Å²) in [5.74, 6) is 2.07. The van der Waals surface area contributed by atoms with E-state index in [4.69, 9.17) is 6.42 Å². The molecular formula is C23H26FN3O3S. The van der Waals surface area contributed by atoms with Gasteiger partial charge in [0.15, 0.2) is 0 Å². The van der Waals surface area contributed by atoms with Gasteiger partial charge in [0.2, 0.25) is 15.9 Å². The van der Waals surface area contributed by atoms with Crippen molar-refractivity contribution in [3.63, 3.8) is 0 Å². The number of rotatable bonds is 8. The zero-order valence-electron chi connectivity index (χ0n) is 17.2. The zero-order valence-corrected chi connectivity index (χ0v) is 18.0. The standard InChI is InChI=1S/C23H26FN3O3S/c1-2-12-27-13-4-3-11-22(27)23(28)25-16-19-8-6-10-21(15-19)31(29,30)26-17-18-7-5-9-20(24)14-18/h1,5-10,14-15,22,26H,3-4,11-13,16-17H2,(H,25,28). The lowest BCUT2D eigenvalue weighted by Crippen LogP contribution is -2.49. The van der Waals surface area contributed by atoms with Crippen LogP contribution in [0.4, 0.5) is 4.39 Å². The molecule has 1 fully saturated rings. The number of nitrogens with zero attached hydrogens (tertiary/aromatic N) is 1. The summed E-state index contributed by atoms with van der Waals surface area (Å²) in [5.41, 5.74) is 1.19. The highest BCUT2D eigenvalue weighted by Crippen LogP contribution is 2.17. The molecule has 2 N–H and O–H groups in total. The Balaban J connectivity index is 1.61. The third-order valence-electron chi connectivity index (χ3n) is 5.24. The lowest BCUT2D eigenvalue weighted by Gasteiger charge is -2.33. The van der Waals surface area contributed by atoms with Crippen LogP contribution in [0.1, 0.15) is 30.4 Å². The summed E-state index contributed by atoms with van der Waals surface area (Å²) in [4.78, 5) is 14.7. The number of terminal acetylenes is 1. The summed E-state index contributed by atoms with van der Waals surface area (Å²) in [5, 5.41) is 2.89. The number of carbonyl (C=O) groups excluding carboxylic acids is 1. The van der Waals surface area contributed by atoms with Gasteiger partial charge in [0.25, 0.3) is 0 Å². The summed E-state index contributed by atoms with van der Waals surface area (Å²) in [6.45, 7) is 1.43. The minimum Gasteiger partial charge on any atom is -0.351 e. The van der Waals surface area contributed by atoms with Crippen LogP contribution in [0.25, 0.3) is 0 Å². The predicted molar refractivity (Wildman–Crippen MR) is 117 cm³/mol. The second kappa shape index (κ2) is 10.5. The van der Waals surface area contributed by atoms with Crippen molar-refractivity contribution in [1.29, 1.82) is 0 Å². The highest BCUT2D eigenvalue weighted by Gasteiger charge is 2.27. The second-order valence-electron chi connectivity index (χ2n) is 7.51. The van der Waals surface area contributed by atoms with Gasteiger partial charge in [-0.2, -0.15) is 0 Å². The molecule has 1 atom stereocenters. The summed E-state index contributed by atoms with van der Waals surface area (Å²) in [7, 11) is -3.78. The number of nitrogens with one attached hydrogen (secondary N) is 2. The van der Waals surface area contributed by atoms with E-state index in [1.807, 2.05) is 4.90 Å². The maximum atomic E-state index is 13.3. The van der Waals surface area contributed by atoms with Crippen molar-refractivity contribution >= 4 is 15.9 Å². The number of sulfonamides is 1. The molecule has 6 nitrogen and oxygen atoms in total. The highest BCUT2D eigenvalue weighted by molar-refractivity contribution is 7.89. The normalized spacial score (nSPS) is 17.1. The topological polar surface area (TPSA) is 78.5 Å². The van der Waals surface area contributed by atoms with E-state index in [0.29, 0.717) is 17.7 Å². The Hall–Kier alpha value is -2.73. The van der Waals surface area contributed by atoms with E-state index in [2.05, 4.69) is 16.0 Å². The number of amides is 1. The number of carbonyl (C=O) groups is 1. The minimum atomic E-state index is -3.78. The van der Waals surface area contributed by atoms with Gasteiger partial charge in [-0.05, 0) is 54.8 Å². The maximum absolute atomic E-state index is 13.3. The van der Waals surface area contributed by atoms with Gasteiger partial charge in [0, 0.05) is 13.1 Å². The van der Waals surface area contributed by atoms with Crippen LogP contribution in [-0.2, 0) is 27.9 Å². The number of benzene rings is 2. The molecule has 164 valence electrons. The van der Waals surface area contributed by atoms with E-state index in [1.54, 1.807) is 18.2 Å². The molecule has 0 radical (unpaired) electrons. The summed E-state index contributed by atoms with van der Waals surface area (Å²) in [6.07, 6.45) is 8.16. The van der Waals surface area contributed by atoms with Gasteiger partial charge in [0.05, 0.1) is 17.5 Å². The molecule has 0 aromatic heterocycles. The molecular weight excluding hydrogens is 417 g/mol. The monoisotopic (exact) mass is 443 g/mol. The highest BCUT2D eigenvalue weighted by atomic mass is 32.2. The fraction of sp³-hybridized carbons (Fsp3) is 0.348. The van der Waals surface area contributed by atoms with Crippen LogP contribution < -0.4 is 10.0 Å². The molecule has 1 heterocycles.